The van der Waals surface area contributed by atoms with Crippen LogP contribution < -0.4 is 9.62 Å². The number of para-hydroxylation sites is 1. The minimum absolute atomic E-state index is 0.114. The standard InChI is InChI=1S/C23H24N2O3S/c1-3-25(21-12-8-5-9-13-21)23(26)20-15-14-18(2)22(16-20)29(27,28)24-17-19-10-6-4-7-11-19/h4-16,24H,3,17H2,1-2H3. The summed E-state index contributed by atoms with van der Waals surface area (Å²) in [6.07, 6.45) is 0. The number of carbonyl (C=O) groups is 1. The number of anilines is 1. The molecule has 0 atom stereocenters. The lowest BCUT2D eigenvalue weighted by Gasteiger charge is -2.21. The highest BCUT2D eigenvalue weighted by Crippen LogP contribution is 2.21. The zero-order valence-electron chi connectivity index (χ0n) is 16.5. The number of carbonyl (C=O) groups excluding carboxylic acids is 1. The van der Waals surface area contributed by atoms with Crippen LogP contribution >= 0.6 is 0 Å². The van der Waals surface area contributed by atoms with E-state index >= 15 is 0 Å². The fourth-order valence-electron chi connectivity index (χ4n) is 3.08. The first-order valence-corrected chi connectivity index (χ1v) is 10.9. The van der Waals surface area contributed by atoms with Gasteiger partial charge in [-0.15, -0.1) is 0 Å². The van der Waals surface area contributed by atoms with Gasteiger partial charge in [-0.2, -0.15) is 0 Å². The van der Waals surface area contributed by atoms with Crippen LogP contribution in [0.15, 0.2) is 83.8 Å². The molecule has 0 saturated heterocycles. The Balaban J connectivity index is 1.88. The maximum Gasteiger partial charge on any atom is 0.258 e. The molecule has 3 aromatic carbocycles. The number of hydrogen-bond donors (Lipinski definition) is 1. The Kier molecular flexibility index (Phi) is 6.46. The molecule has 0 saturated carbocycles. The maximum atomic E-state index is 13.1. The zero-order valence-corrected chi connectivity index (χ0v) is 17.3. The second-order valence-corrected chi connectivity index (χ2v) is 8.41. The van der Waals surface area contributed by atoms with Crippen molar-refractivity contribution < 1.29 is 13.2 Å². The van der Waals surface area contributed by atoms with Crippen molar-refractivity contribution in [2.45, 2.75) is 25.3 Å². The summed E-state index contributed by atoms with van der Waals surface area (Å²) < 4.78 is 28.4. The lowest BCUT2D eigenvalue weighted by molar-refractivity contribution is 0.0988. The second kappa shape index (κ2) is 9.03. The molecule has 0 aliphatic rings. The van der Waals surface area contributed by atoms with Crippen molar-refractivity contribution in [3.63, 3.8) is 0 Å². The number of nitrogens with one attached hydrogen (secondary N) is 1. The fourth-order valence-corrected chi connectivity index (χ4v) is 4.37. The molecule has 3 rings (SSSR count). The van der Waals surface area contributed by atoms with E-state index < -0.39 is 10.0 Å². The first-order chi connectivity index (χ1) is 13.9. The Morgan fingerprint density at radius 3 is 2.17 bits per heavy atom. The normalized spacial score (nSPS) is 11.2. The summed E-state index contributed by atoms with van der Waals surface area (Å²) in [4.78, 5) is 14.8. The van der Waals surface area contributed by atoms with Crippen molar-refractivity contribution in [1.29, 1.82) is 0 Å². The van der Waals surface area contributed by atoms with Crippen LogP contribution in [0.5, 0.6) is 0 Å². The van der Waals surface area contributed by atoms with Crippen LogP contribution in [0.3, 0.4) is 0 Å². The summed E-state index contributed by atoms with van der Waals surface area (Å²) in [5, 5.41) is 0. The molecule has 1 amide bonds. The fraction of sp³-hybridized carbons (Fsp3) is 0.174. The van der Waals surface area contributed by atoms with Crippen LogP contribution in [0.2, 0.25) is 0 Å². The molecular weight excluding hydrogens is 384 g/mol. The van der Waals surface area contributed by atoms with E-state index in [1.807, 2.05) is 67.6 Å². The largest absolute Gasteiger partial charge is 0.309 e. The smallest absolute Gasteiger partial charge is 0.258 e. The van der Waals surface area contributed by atoms with Crippen LogP contribution in [0.25, 0.3) is 0 Å². The number of nitrogens with zero attached hydrogens (tertiary/aromatic N) is 1. The summed E-state index contributed by atoms with van der Waals surface area (Å²) in [5.74, 6) is -0.238. The molecule has 0 fully saturated rings. The molecule has 0 aromatic heterocycles. The molecule has 150 valence electrons. The van der Waals surface area contributed by atoms with Gasteiger partial charge in [-0.05, 0) is 49.2 Å². The van der Waals surface area contributed by atoms with Gasteiger partial charge in [-0.25, -0.2) is 13.1 Å². The summed E-state index contributed by atoms with van der Waals surface area (Å²) in [5.41, 5.74) is 2.56. The van der Waals surface area contributed by atoms with Gasteiger partial charge in [0, 0.05) is 24.3 Å². The predicted octanol–water partition coefficient (Wildman–Crippen LogP) is 4.14. The Morgan fingerprint density at radius 1 is 0.931 bits per heavy atom. The van der Waals surface area contributed by atoms with E-state index in [9.17, 15) is 13.2 Å². The zero-order chi connectivity index (χ0) is 20.9. The van der Waals surface area contributed by atoms with Crippen molar-refractivity contribution >= 4 is 21.6 Å². The number of rotatable bonds is 7. The van der Waals surface area contributed by atoms with Gasteiger partial charge in [-0.3, -0.25) is 4.79 Å². The van der Waals surface area contributed by atoms with Gasteiger partial charge in [0.25, 0.3) is 5.91 Å². The summed E-state index contributed by atoms with van der Waals surface area (Å²) in [7, 11) is -3.76. The lowest BCUT2D eigenvalue weighted by Crippen LogP contribution is -2.31. The average molecular weight is 409 g/mol. The van der Waals surface area contributed by atoms with Gasteiger partial charge in [-0.1, -0.05) is 54.6 Å². The van der Waals surface area contributed by atoms with Gasteiger partial charge in [0.15, 0.2) is 0 Å². The van der Waals surface area contributed by atoms with Gasteiger partial charge < -0.3 is 4.90 Å². The molecule has 5 nitrogen and oxygen atoms in total. The third-order valence-electron chi connectivity index (χ3n) is 4.66. The van der Waals surface area contributed by atoms with E-state index in [2.05, 4.69) is 4.72 Å². The Morgan fingerprint density at radius 2 is 1.55 bits per heavy atom. The van der Waals surface area contributed by atoms with Crippen molar-refractivity contribution in [2.24, 2.45) is 0 Å². The van der Waals surface area contributed by atoms with E-state index in [1.165, 1.54) is 6.07 Å². The van der Waals surface area contributed by atoms with E-state index in [0.29, 0.717) is 17.7 Å². The Hall–Kier alpha value is -2.96. The number of aryl methyl sites for hydroxylation is 1. The lowest BCUT2D eigenvalue weighted by atomic mass is 10.1. The van der Waals surface area contributed by atoms with Gasteiger partial charge in [0.1, 0.15) is 0 Å². The van der Waals surface area contributed by atoms with Crippen molar-refractivity contribution in [3.05, 3.63) is 95.6 Å². The highest BCUT2D eigenvalue weighted by atomic mass is 32.2. The molecular formula is C23H24N2O3S. The first kappa shape index (κ1) is 20.8. The molecule has 29 heavy (non-hydrogen) atoms. The van der Waals surface area contributed by atoms with Crippen molar-refractivity contribution in [3.8, 4) is 0 Å². The van der Waals surface area contributed by atoms with Crippen LogP contribution in [0, 0.1) is 6.92 Å². The van der Waals surface area contributed by atoms with Crippen LogP contribution in [-0.2, 0) is 16.6 Å². The Bertz CT molecular complexity index is 1080. The average Bonchev–Trinajstić information content (AvgIpc) is 2.74. The van der Waals surface area contributed by atoms with Gasteiger partial charge >= 0.3 is 0 Å². The maximum absolute atomic E-state index is 13.1. The van der Waals surface area contributed by atoms with Crippen LogP contribution in [0.4, 0.5) is 5.69 Å². The number of hydrogen-bond acceptors (Lipinski definition) is 3. The molecule has 0 radical (unpaired) electrons. The Labute approximate surface area is 172 Å². The summed E-state index contributed by atoms with van der Waals surface area (Å²) in [6.45, 7) is 4.27. The molecule has 0 heterocycles. The van der Waals surface area contributed by atoms with Gasteiger partial charge in [0.05, 0.1) is 4.90 Å². The van der Waals surface area contributed by atoms with E-state index in [0.717, 1.165) is 11.3 Å². The van der Waals surface area contributed by atoms with E-state index in [-0.39, 0.29) is 17.3 Å². The highest BCUT2D eigenvalue weighted by Gasteiger charge is 2.21. The molecule has 3 aromatic rings. The highest BCUT2D eigenvalue weighted by molar-refractivity contribution is 7.89. The van der Waals surface area contributed by atoms with E-state index in [4.69, 9.17) is 0 Å². The second-order valence-electron chi connectivity index (χ2n) is 6.68. The molecule has 0 bridgehead atoms. The molecule has 0 aliphatic heterocycles. The topological polar surface area (TPSA) is 66.5 Å². The molecule has 0 spiro atoms. The SMILES string of the molecule is CCN(C(=O)c1ccc(C)c(S(=O)(=O)NCc2ccccc2)c1)c1ccccc1. The molecule has 6 heteroatoms. The number of sulfonamides is 1. The third-order valence-corrected chi connectivity index (χ3v) is 6.21. The number of amides is 1. The van der Waals surface area contributed by atoms with E-state index in [1.54, 1.807) is 24.0 Å². The molecule has 1 N–H and O–H groups in total. The third kappa shape index (κ3) is 4.91. The van der Waals surface area contributed by atoms with Crippen LogP contribution in [0.1, 0.15) is 28.4 Å². The minimum atomic E-state index is -3.76. The van der Waals surface area contributed by atoms with Crippen molar-refractivity contribution in [2.75, 3.05) is 11.4 Å². The minimum Gasteiger partial charge on any atom is -0.309 e. The van der Waals surface area contributed by atoms with Gasteiger partial charge in [0.2, 0.25) is 10.0 Å². The molecule has 0 unspecified atom stereocenters. The number of benzene rings is 3. The monoisotopic (exact) mass is 408 g/mol. The molecule has 0 aliphatic carbocycles. The predicted molar refractivity (Wildman–Crippen MR) is 115 cm³/mol. The summed E-state index contributed by atoms with van der Waals surface area (Å²) in [6, 6.07) is 23.4. The summed E-state index contributed by atoms with van der Waals surface area (Å²) >= 11 is 0. The van der Waals surface area contributed by atoms with Crippen molar-refractivity contribution in [1.82, 2.24) is 4.72 Å². The first-order valence-electron chi connectivity index (χ1n) is 9.43. The quantitative estimate of drug-likeness (QED) is 0.639. The van der Waals surface area contributed by atoms with Crippen LogP contribution in [-0.4, -0.2) is 20.9 Å².